The molecule has 3 heteroatoms. The number of amidine groups is 1. The highest BCUT2D eigenvalue weighted by Gasteiger charge is 1.72. The van der Waals surface area contributed by atoms with Gasteiger partial charge >= 0.3 is 0 Å². The Kier molecular flexibility index (Phi) is 5.65. The van der Waals surface area contributed by atoms with Crippen molar-refractivity contribution in [2.24, 2.45) is 0 Å². The topological polar surface area (TPSA) is 56.1 Å². The second-order valence-electron chi connectivity index (χ2n) is 2.39. The number of nitrogens with one attached hydrogen (secondary N) is 2. The maximum absolute atomic E-state index is 7.67. The van der Waals surface area contributed by atoms with Crippen LogP contribution in [0.1, 0.15) is 12.5 Å². The van der Waals surface area contributed by atoms with Crippen LogP contribution in [0.25, 0.3) is 0 Å². The van der Waals surface area contributed by atoms with E-state index in [2.05, 4.69) is 19.1 Å². The molecule has 0 saturated heterocycles. The normalized spacial score (nSPS) is 7.92. The van der Waals surface area contributed by atoms with E-state index in [1.807, 2.05) is 18.2 Å². The number of rotatable bonds is 0. The van der Waals surface area contributed by atoms with Crippen molar-refractivity contribution >= 4 is 5.84 Å². The van der Waals surface area contributed by atoms with Gasteiger partial charge in [-0.15, -0.1) is 0 Å². The average molecular weight is 166 g/mol. The molecule has 12 heavy (non-hydrogen) atoms. The molecule has 0 aliphatic heterocycles. The molecule has 1 aromatic carbocycles. The first-order chi connectivity index (χ1) is 5.66. The first-order valence-electron chi connectivity index (χ1n) is 3.63. The van der Waals surface area contributed by atoms with E-state index >= 15 is 0 Å². The molecule has 0 radical (unpaired) electrons. The molecule has 1 rings (SSSR count). The largest absolute Gasteiger partial charge is 0.290 e. The summed E-state index contributed by atoms with van der Waals surface area (Å²) in [5.74, 6) is 0.0602. The predicted octanol–water partition coefficient (Wildman–Crippen LogP) is 1.96. The minimum Gasteiger partial charge on any atom is -0.290 e. The molecule has 0 unspecified atom stereocenters. The van der Waals surface area contributed by atoms with Crippen LogP contribution in [-0.4, -0.2) is 11.0 Å². The smallest absolute Gasteiger partial charge is 0.114 e. The standard InChI is InChI=1S/C7H8.C2H6N2O/c1-7-5-3-2-4-6-7;1-2(3)4-5/h2-6H,1H3;5H,1H3,(H2,3,4). The number of hydrogen-bond donors (Lipinski definition) is 3. The van der Waals surface area contributed by atoms with E-state index < -0.39 is 0 Å². The molecule has 0 aliphatic carbocycles. The lowest BCUT2D eigenvalue weighted by Crippen LogP contribution is -2.11. The lowest BCUT2D eigenvalue weighted by atomic mass is 10.2. The Balaban J connectivity index is 0.000000217. The first-order valence-corrected chi connectivity index (χ1v) is 3.63. The second-order valence-corrected chi connectivity index (χ2v) is 2.39. The highest BCUT2D eigenvalue weighted by molar-refractivity contribution is 5.74. The molecule has 3 nitrogen and oxygen atoms in total. The third kappa shape index (κ3) is 6.77. The molecule has 1 aromatic rings. The van der Waals surface area contributed by atoms with E-state index in [0.717, 1.165) is 0 Å². The Hall–Kier alpha value is -1.35. The fraction of sp³-hybridized carbons (Fsp3) is 0.222. The summed E-state index contributed by atoms with van der Waals surface area (Å²) in [6, 6.07) is 10.3. The van der Waals surface area contributed by atoms with E-state index in [9.17, 15) is 0 Å². The lowest BCUT2D eigenvalue weighted by molar-refractivity contribution is 0.233. The fourth-order valence-corrected chi connectivity index (χ4v) is 0.534. The van der Waals surface area contributed by atoms with E-state index in [1.165, 1.54) is 12.5 Å². The van der Waals surface area contributed by atoms with Crippen molar-refractivity contribution in [2.45, 2.75) is 13.8 Å². The molecule has 0 aromatic heterocycles. The van der Waals surface area contributed by atoms with E-state index in [1.54, 1.807) is 5.48 Å². The first kappa shape index (κ1) is 10.7. The summed E-state index contributed by atoms with van der Waals surface area (Å²) in [6.45, 7) is 3.53. The molecule has 3 N–H and O–H groups in total. The van der Waals surface area contributed by atoms with Crippen LogP contribution in [0.2, 0.25) is 0 Å². The van der Waals surface area contributed by atoms with Crippen LogP contribution >= 0.6 is 0 Å². The maximum atomic E-state index is 7.67. The Morgan fingerprint density at radius 1 is 1.33 bits per heavy atom. The Bertz CT molecular complexity index is 221. The minimum atomic E-state index is 0.0602. The lowest BCUT2D eigenvalue weighted by Gasteiger charge is -1.83. The number of aryl methyl sites for hydroxylation is 1. The van der Waals surface area contributed by atoms with Crippen LogP contribution in [-0.2, 0) is 0 Å². The SMILES string of the molecule is CC(=N)NO.Cc1ccccc1. The van der Waals surface area contributed by atoms with Gasteiger partial charge in [-0.2, -0.15) is 0 Å². The van der Waals surface area contributed by atoms with Gasteiger partial charge in [-0.25, -0.2) is 0 Å². The van der Waals surface area contributed by atoms with Crippen LogP contribution in [0.15, 0.2) is 30.3 Å². The molecule has 0 heterocycles. The van der Waals surface area contributed by atoms with Gasteiger partial charge in [-0.3, -0.25) is 16.1 Å². The van der Waals surface area contributed by atoms with Crippen molar-refractivity contribution < 1.29 is 5.21 Å². The summed E-state index contributed by atoms with van der Waals surface area (Å²) < 4.78 is 0. The maximum Gasteiger partial charge on any atom is 0.114 e. The van der Waals surface area contributed by atoms with Gasteiger partial charge in [0.2, 0.25) is 0 Å². The van der Waals surface area contributed by atoms with Gasteiger partial charge in [0, 0.05) is 0 Å². The third-order valence-corrected chi connectivity index (χ3v) is 1.11. The summed E-state index contributed by atoms with van der Waals surface area (Å²) in [5.41, 5.74) is 2.93. The summed E-state index contributed by atoms with van der Waals surface area (Å²) in [4.78, 5) is 0. The van der Waals surface area contributed by atoms with Gasteiger partial charge in [0.05, 0.1) is 0 Å². The van der Waals surface area contributed by atoms with E-state index in [0.29, 0.717) is 0 Å². The molecule has 0 fully saturated rings. The zero-order chi connectivity index (χ0) is 9.40. The molecule has 0 atom stereocenters. The zero-order valence-electron chi connectivity index (χ0n) is 7.33. The summed E-state index contributed by atoms with van der Waals surface area (Å²) >= 11 is 0. The molecule has 0 amide bonds. The van der Waals surface area contributed by atoms with Gasteiger partial charge in [0.1, 0.15) is 5.84 Å². The fourth-order valence-electron chi connectivity index (χ4n) is 0.534. The number of benzene rings is 1. The summed E-state index contributed by atoms with van der Waals surface area (Å²) in [7, 11) is 0. The Labute approximate surface area is 72.5 Å². The van der Waals surface area contributed by atoms with Crippen molar-refractivity contribution in [1.82, 2.24) is 5.48 Å². The van der Waals surface area contributed by atoms with E-state index in [4.69, 9.17) is 10.6 Å². The minimum absolute atomic E-state index is 0.0602. The highest BCUT2D eigenvalue weighted by Crippen LogP contribution is 1.92. The van der Waals surface area contributed by atoms with Gasteiger partial charge < -0.3 is 0 Å². The van der Waals surface area contributed by atoms with E-state index in [-0.39, 0.29) is 5.84 Å². The zero-order valence-corrected chi connectivity index (χ0v) is 7.33. The van der Waals surface area contributed by atoms with Crippen molar-refractivity contribution in [1.29, 1.82) is 5.41 Å². The molecular formula is C9H14N2O. The van der Waals surface area contributed by atoms with Crippen LogP contribution in [0.4, 0.5) is 0 Å². The van der Waals surface area contributed by atoms with Gasteiger partial charge in [-0.05, 0) is 13.8 Å². The van der Waals surface area contributed by atoms with Gasteiger partial charge in [0.15, 0.2) is 0 Å². The predicted molar refractivity (Wildman–Crippen MR) is 49.5 cm³/mol. The monoisotopic (exact) mass is 166 g/mol. The average Bonchev–Trinajstić information content (AvgIpc) is 2.07. The van der Waals surface area contributed by atoms with Crippen LogP contribution in [0.5, 0.6) is 0 Å². The summed E-state index contributed by atoms with van der Waals surface area (Å²) in [6.07, 6.45) is 0. The Morgan fingerprint density at radius 2 is 1.75 bits per heavy atom. The molecule has 0 bridgehead atoms. The van der Waals surface area contributed by atoms with Gasteiger partial charge in [0.25, 0.3) is 0 Å². The Morgan fingerprint density at radius 3 is 1.92 bits per heavy atom. The van der Waals surface area contributed by atoms with Crippen LogP contribution in [0, 0.1) is 12.3 Å². The molecule has 0 spiro atoms. The van der Waals surface area contributed by atoms with Crippen LogP contribution < -0.4 is 5.48 Å². The highest BCUT2D eigenvalue weighted by atomic mass is 16.5. The third-order valence-electron chi connectivity index (χ3n) is 1.11. The molecule has 0 aliphatic rings. The van der Waals surface area contributed by atoms with Crippen molar-refractivity contribution in [3.8, 4) is 0 Å². The van der Waals surface area contributed by atoms with Gasteiger partial charge in [-0.1, -0.05) is 35.9 Å². The van der Waals surface area contributed by atoms with Crippen molar-refractivity contribution in [3.63, 3.8) is 0 Å². The van der Waals surface area contributed by atoms with Crippen molar-refractivity contribution in [2.75, 3.05) is 0 Å². The molecule has 0 saturated carbocycles. The molecule has 66 valence electrons. The van der Waals surface area contributed by atoms with Crippen LogP contribution in [0.3, 0.4) is 0 Å². The second kappa shape index (κ2) is 6.37. The molecular weight excluding hydrogens is 152 g/mol. The summed E-state index contributed by atoms with van der Waals surface area (Å²) in [5, 5.41) is 14.1. The number of hydroxylamine groups is 1. The number of hydrogen-bond acceptors (Lipinski definition) is 2. The quantitative estimate of drug-likeness (QED) is 0.313. The van der Waals surface area contributed by atoms with Crippen molar-refractivity contribution in [3.05, 3.63) is 35.9 Å².